The van der Waals surface area contributed by atoms with E-state index in [0.29, 0.717) is 6.42 Å². The molecule has 106 valence electrons. The number of unbranched alkanes of at least 4 members (excludes halogenated alkanes) is 1. The number of carbonyl (C=O) groups excluding carboxylic acids is 1. The minimum Gasteiger partial charge on any atom is -0.370 e. The Labute approximate surface area is 115 Å². The van der Waals surface area contributed by atoms with E-state index in [2.05, 4.69) is 37.1 Å². The van der Waals surface area contributed by atoms with Crippen LogP contribution < -0.4 is 11.1 Å². The minimum absolute atomic E-state index is 0.220. The van der Waals surface area contributed by atoms with Gasteiger partial charge < -0.3 is 11.1 Å². The van der Waals surface area contributed by atoms with Crippen molar-refractivity contribution in [1.82, 2.24) is 10.3 Å². The van der Waals surface area contributed by atoms with Gasteiger partial charge in [-0.2, -0.15) is 0 Å². The van der Waals surface area contributed by atoms with Crippen LogP contribution in [0.15, 0.2) is 6.07 Å². The molecule has 0 aliphatic heterocycles. The van der Waals surface area contributed by atoms with Crippen molar-refractivity contribution in [2.45, 2.75) is 53.0 Å². The first-order valence-corrected chi connectivity index (χ1v) is 6.88. The van der Waals surface area contributed by atoms with E-state index in [1.54, 1.807) is 0 Å². The fourth-order valence-electron chi connectivity index (χ4n) is 2.53. The van der Waals surface area contributed by atoms with Crippen molar-refractivity contribution < 1.29 is 4.79 Å². The topological polar surface area (TPSA) is 68.0 Å². The number of nitrogens with two attached hydrogens (primary N) is 1. The molecule has 0 aliphatic carbocycles. The molecule has 1 amide bonds. The predicted molar refractivity (Wildman–Crippen MR) is 77.9 cm³/mol. The molecule has 0 aliphatic rings. The zero-order valence-corrected chi connectivity index (χ0v) is 12.4. The number of carbonyl (C=O) groups is 1. The van der Waals surface area contributed by atoms with Gasteiger partial charge in [0, 0.05) is 23.9 Å². The molecule has 0 spiro atoms. The van der Waals surface area contributed by atoms with Crippen molar-refractivity contribution in [2.75, 3.05) is 6.54 Å². The number of rotatable bonds is 7. The van der Waals surface area contributed by atoms with E-state index in [4.69, 9.17) is 5.73 Å². The molecule has 0 radical (unpaired) electrons. The zero-order valence-electron chi connectivity index (χ0n) is 12.4. The summed E-state index contributed by atoms with van der Waals surface area (Å²) in [5.41, 5.74) is 9.82. The third-order valence-corrected chi connectivity index (χ3v) is 3.32. The lowest BCUT2D eigenvalue weighted by Gasteiger charge is -2.19. The number of hydrogen-bond donors (Lipinski definition) is 2. The number of amides is 1. The Balaban J connectivity index is 2.50. The predicted octanol–water partition coefficient (Wildman–Crippen LogP) is 2.31. The summed E-state index contributed by atoms with van der Waals surface area (Å²) in [7, 11) is 0. The molecule has 1 rings (SSSR count). The summed E-state index contributed by atoms with van der Waals surface area (Å²) in [5.74, 6) is -0.220. The van der Waals surface area contributed by atoms with Crippen LogP contribution >= 0.6 is 0 Å². The highest BCUT2D eigenvalue weighted by Gasteiger charge is 2.12. The van der Waals surface area contributed by atoms with Crippen LogP contribution in [0.1, 0.15) is 54.7 Å². The van der Waals surface area contributed by atoms with E-state index >= 15 is 0 Å². The maximum atomic E-state index is 10.6. The van der Waals surface area contributed by atoms with Crippen molar-refractivity contribution in [1.29, 1.82) is 0 Å². The lowest BCUT2D eigenvalue weighted by atomic mass is 10.0. The summed E-state index contributed by atoms with van der Waals surface area (Å²) < 4.78 is 0. The van der Waals surface area contributed by atoms with Crippen molar-refractivity contribution in [3.63, 3.8) is 0 Å². The molecule has 1 atom stereocenters. The van der Waals surface area contributed by atoms with Gasteiger partial charge >= 0.3 is 0 Å². The number of pyridine rings is 1. The average molecular weight is 263 g/mol. The van der Waals surface area contributed by atoms with Crippen molar-refractivity contribution >= 4 is 5.91 Å². The van der Waals surface area contributed by atoms with Gasteiger partial charge in [-0.1, -0.05) is 0 Å². The first kappa shape index (κ1) is 15.6. The normalized spacial score (nSPS) is 12.4. The van der Waals surface area contributed by atoms with Gasteiger partial charge in [0.15, 0.2) is 0 Å². The molecule has 0 fully saturated rings. The van der Waals surface area contributed by atoms with Crippen LogP contribution in [0.3, 0.4) is 0 Å². The Hall–Kier alpha value is -1.42. The summed E-state index contributed by atoms with van der Waals surface area (Å²) in [6.07, 6.45) is 2.28. The Bertz CT molecular complexity index is 420. The number of nitrogens with zero attached hydrogens (tertiary/aromatic N) is 1. The molecule has 1 unspecified atom stereocenters. The molecule has 1 aromatic rings. The molecule has 1 aromatic heterocycles. The number of aryl methyl sites for hydroxylation is 3. The zero-order chi connectivity index (χ0) is 14.4. The van der Waals surface area contributed by atoms with E-state index in [1.165, 1.54) is 11.1 Å². The molecule has 0 bridgehead atoms. The Kier molecular flexibility index (Phi) is 5.96. The largest absolute Gasteiger partial charge is 0.370 e. The molecule has 19 heavy (non-hydrogen) atoms. The monoisotopic (exact) mass is 263 g/mol. The summed E-state index contributed by atoms with van der Waals surface area (Å²) >= 11 is 0. The molecular weight excluding hydrogens is 238 g/mol. The second kappa shape index (κ2) is 7.24. The number of hydrogen-bond acceptors (Lipinski definition) is 3. The van der Waals surface area contributed by atoms with Gasteiger partial charge in [0.1, 0.15) is 0 Å². The summed E-state index contributed by atoms with van der Waals surface area (Å²) in [4.78, 5) is 15.2. The summed E-state index contributed by atoms with van der Waals surface area (Å²) in [5, 5.41) is 3.48. The van der Waals surface area contributed by atoms with Crippen LogP contribution in [0.5, 0.6) is 0 Å². The minimum atomic E-state index is -0.220. The van der Waals surface area contributed by atoms with Gasteiger partial charge in [0.2, 0.25) is 5.91 Å². The molecule has 3 N–H and O–H groups in total. The van der Waals surface area contributed by atoms with Crippen molar-refractivity contribution in [2.24, 2.45) is 5.73 Å². The van der Waals surface area contributed by atoms with Gasteiger partial charge in [-0.15, -0.1) is 0 Å². The number of aromatic nitrogens is 1. The van der Waals surface area contributed by atoms with Gasteiger partial charge in [0.25, 0.3) is 0 Å². The SMILES string of the molecule is Cc1cc(C)c(C(C)NCCCCC(N)=O)c(C)n1. The molecule has 0 aromatic carbocycles. The Morgan fingerprint density at radius 2 is 2.05 bits per heavy atom. The second-order valence-corrected chi connectivity index (χ2v) is 5.18. The molecule has 1 heterocycles. The van der Waals surface area contributed by atoms with E-state index in [0.717, 1.165) is 30.8 Å². The molecular formula is C15H25N3O. The smallest absolute Gasteiger partial charge is 0.217 e. The summed E-state index contributed by atoms with van der Waals surface area (Å²) in [6.45, 7) is 9.25. The summed E-state index contributed by atoms with van der Waals surface area (Å²) in [6, 6.07) is 2.40. The lowest BCUT2D eigenvalue weighted by Crippen LogP contribution is -2.22. The third-order valence-electron chi connectivity index (χ3n) is 3.32. The highest BCUT2D eigenvalue weighted by atomic mass is 16.1. The van der Waals surface area contributed by atoms with Crippen molar-refractivity contribution in [3.8, 4) is 0 Å². The molecule has 0 saturated carbocycles. The van der Waals surface area contributed by atoms with E-state index < -0.39 is 0 Å². The third kappa shape index (κ3) is 4.99. The molecule has 0 saturated heterocycles. The Morgan fingerprint density at radius 1 is 1.37 bits per heavy atom. The van der Waals surface area contributed by atoms with E-state index in [-0.39, 0.29) is 11.9 Å². The first-order chi connectivity index (χ1) is 8.91. The average Bonchev–Trinajstić information content (AvgIpc) is 2.26. The van der Waals surface area contributed by atoms with Crippen molar-refractivity contribution in [3.05, 3.63) is 28.6 Å². The van der Waals surface area contributed by atoms with Gasteiger partial charge in [-0.05, 0) is 64.3 Å². The maximum absolute atomic E-state index is 10.6. The maximum Gasteiger partial charge on any atom is 0.217 e. The quantitative estimate of drug-likeness (QED) is 0.742. The lowest BCUT2D eigenvalue weighted by molar-refractivity contribution is -0.118. The van der Waals surface area contributed by atoms with Gasteiger partial charge in [0.05, 0.1) is 0 Å². The Morgan fingerprint density at radius 3 is 2.63 bits per heavy atom. The van der Waals surface area contributed by atoms with Crippen LogP contribution in [0.4, 0.5) is 0 Å². The highest BCUT2D eigenvalue weighted by Crippen LogP contribution is 2.21. The second-order valence-electron chi connectivity index (χ2n) is 5.18. The fraction of sp³-hybridized carbons (Fsp3) is 0.600. The highest BCUT2D eigenvalue weighted by molar-refractivity contribution is 5.73. The number of nitrogens with one attached hydrogen (secondary N) is 1. The van der Waals surface area contributed by atoms with Crippen LogP contribution in [-0.2, 0) is 4.79 Å². The molecule has 4 nitrogen and oxygen atoms in total. The van der Waals surface area contributed by atoms with Crippen LogP contribution in [0.2, 0.25) is 0 Å². The van der Waals surface area contributed by atoms with Crippen LogP contribution in [0, 0.1) is 20.8 Å². The standard InChI is InChI=1S/C15H25N3O/c1-10-9-11(2)18-13(4)15(10)12(3)17-8-6-5-7-14(16)19/h9,12,17H,5-8H2,1-4H3,(H2,16,19). The fourth-order valence-corrected chi connectivity index (χ4v) is 2.53. The molecule has 4 heteroatoms. The van der Waals surface area contributed by atoms with Gasteiger partial charge in [-0.25, -0.2) is 0 Å². The number of primary amides is 1. The first-order valence-electron chi connectivity index (χ1n) is 6.88. The van der Waals surface area contributed by atoms with Crippen LogP contribution in [-0.4, -0.2) is 17.4 Å². The van der Waals surface area contributed by atoms with Crippen LogP contribution in [0.25, 0.3) is 0 Å². The van der Waals surface area contributed by atoms with E-state index in [9.17, 15) is 4.79 Å². The van der Waals surface area contributed by atoms with E-state index in [1.807, 2.05) is 6.92 Å². The van der Waals surface area contributed by atoms with Gasteiger partial charge in [-0.3, -0.25) is 9.78 Å².